The number of nitrogens with one attached hydrogen (secondary N) is 1. The van der Waals surface area contributed by atoms with Gasteiger partial charge in [0.2, 0.25) is 5.78 Å². The fraction of sp³-hybridized carbons (Fsp3) is 0.348. The van der Waals surface area contributed by atoms with Gasteiger partial charge in [-0.1, -0.05) is 13.3 Å². The number of fused-ring (bicyclic) bond motifs is 1. The number of allylic oxidation sites excluding steroid dienone is 1. The van der Waals surface area contributed by atoms with Crippen LogP contribution in [0.4, 0.5) is 0 Å². The number of methoxy groups -OCH3 is 2. The number of aromatic hydroxyl groups is 1. The molecule has 0 saturated carbocycles. The number of hydrogen-bond donors (Lipinski definition) is 2. The van der Waals surface area contributed by atoms with E-state index in [0.717, 1.165) is 19.4 Å². The first-order valence-corrected chi connectivity index (χ1v) is 9.80. The Hall–Kier alpha value is -2.99. The first-order valence-electron chi connectivity index (χ1n) is 9.80. The normalized spacial score (nSPS) is 15.2. The zero-order valence-corrected chi connectivity index (χ0v) is 17.4. The molecule has 0 bridgehead atoms. The molecule has 0 aromatic heterocycles. The predicted molar refractivity (Wildman–Crippen MR) is 111 cm³/mol. The molecule has 29 heavy (non-hydrogen) atoms. The lowest BCUT2D eigenvalue weighted by molar-refractivity contribution is -0.894. The highest BCUT2D eigenvalue weighted by molar-refractivity contribution is 6.15. The van der Waals surface area contributed by atoms with Crippen molar-refractivity contribution in [2.45, 2.75) is 26.3 Å². The van der Waals surface area contributed by atoms with Crippen molar-refractivity contribution < 1.29 is 29.0 Å². The Morgan fingerprint density at radius 1 is 1.17 bits per heavy atom. The first-order chi connectivity index (χ1) is 14.0. The molecule has 1 aliphatic heterocycles. The molecule has 6 heteroatoms. The topological polar surface area (TPSA) is 69.4 Å². The molecule has 2 aromatic carbocycles. The summed E-state index contributed by atoms with van der Waals surface area (Å²) in [4.78, 5) is 14.1. The van der Waals surface area contributed by atoms with Crippen molar-refractivity contribution >= 4 is 11.9 Å². The van der Waals surface area contributed by atoms with Crippen LogP contribution in [0.1, 0.15) is 41.3 Å². The maximum absolute atomic E-state index is 12.9. The average molecular weight is 398 g/mol. The van der Waals surface area contributed by atoms with Crippen molar-refractivity contribution in [1.29, 1.82) is 0 Å². The molecule has 6 nitrogen and oxygen atoms in total. The van der Waals surface area contributed by atoms with E-state index in [1.165, 1.54) is 4.90 Å². The van der Waals surface area contributed by atoms with Crippen LogP contribution in [-0.2, 0) is 6.54 Å². The smallest absolute Gasteiger partial charge is 0.231 e. The number of rotatable bonds is 8. The lowest BCUT2D eigenvalue weighted by atomic mass is 10.0. The van der Waals surface area contributed by atoms with E-state index in [0.29, 0.717) is 40.5 Å². The van der Waals surface area contributed by atoms with Crippen molar-refractivity contribution in [3.05, 3.63) is 52.8 Å². The molecule has 1 aliphatic rings. The number of phenols is 1. The van der Waals surface area contributed by atoms with Crippen molar-refractivity contribution in [1.82, 2.24) is 0 Å². The second-order valence-corrected chi connectivity index (χ2v) is 7.23. The number of unbranched alkanes of at least 4 members (excludes halogenated alkanes) is 1. The minimum absolute atomic E-state index is 0.149. The number of carbonyl (C=O) groups excluding carboxylic acids is 1. The van der Waals surface area contributed by atoms with Gasteiger partial charge in [-0.2, -0.15) is 0 Å². The van der Waals surface area contributed by atoms with Gasteiger partial charge in [-0.15, -0.1) is 0 Å². The second-order valence-electron chi connectivity index (χ2n) is 7.23. The SMILES string of the molecule is CCCC[NH+](C)Cc1c(O)ccc2c1OC(=Cc1ccc(OC)cc1OC)C2=O. The fourth-order valence-electron chi connectivity index (χ4n) is 3.42. The van der Waals surface area contributed by atoms with Crippen LogP contribution in [0.3, 0.4) is 0 Å². The molecule has 2 aromatic rings. The Bertz CT molecular complexity index is 935. The third kappa shape index (κ3) is 4.38. The maximum Gasteiger partial charge on any atom is 0.231 e. The zero-order valence-electron chi connectivity index (χ0n) is 17.4. The van der Waals surface area contributed by atoms with E-state index >= 15 is 0 Å². The summed E-state index contributed by atoms with van der Waals surface area (Å²) >= 11 is 0. The van der Waals surface area contributed by atoms with Crippen LogP contribution >= 0.6 is 0 Å². The lowest BCUT2D eigenvalue weighted by Crippen LogP contribution is -3.07. The van der Waals surface area contributed by atoms with E-state index in [9.17, 15) is 9.90 Å². The van der Waals surface area contributed by atoms with E-state index in [-0.39, 0.29) is 17.3 Å². The quantitative estimate of drug-likeness (QED) is 0.670. The number of benzene rings is 2. The van der Waals surface area contributed by atoms with Crippen molar-refractivity contribution in [3.63, 3.8) is 0 Å². The van der Waals surface area contributed by atoms with Gasteiger partial charge in [0.15, 0.2) is 11.5 Å². The molecular weight excluding hydrogens is 370 g/mol. The molecule has 3 rings (SSSR count). The van der Waals surface area contributed by atoms with Crippen molar-refractivity contribution in [2.24, 2.45) is 0 Å². The van der Waals surface area contributed by atoms with Crippen molar-refractivity contribution in [2.75, 3.05) is 27.8 Å². The number of Topliss-reactive ketones (excluding diaryl/α,β-unsaturated/α-hetero) is 1. The predicted octanol–water partition coefficient (Wildman–Crippen LogP) is 2.84. The van der Waals surface area contributed by atoms with Gasteiger partial charge in [-0.3, -0.25) is 4.79 Å². The summed E-state index contributed by atoms with van der Waals surface area (Å²) in [6.45, 7) is 3.72. The van der Waals surface area contributed by atoms with E-state index in [1.54, 1.807) is 44.6 Å². The summed E-state index contributed by atoms with van der Waals surface area (Å²) in [6, 6.07) is 8.54. The van der Waals surface area contributed by atoms with Crippen molar-refractivity contribution in [3.8, 4) is 23.0 Å². The molecule has 0 amide bonds. The summed E-state index contributed by atoms with van der Waals surface area (Å²) in [7, 11) is 5.22. The largest absolute Gasteiger partial charge is 0.507 e. The Labute approximate surface area is 171 Å². The molecule has 1 unspecified atom stereocenters. The highest BCUT2D eigenvalue weighted by atomic mass is 16.5. The molecule has 0 fully saturated rings. The van der Waals surface area contributed by atoms with Gasteiger partial charge < -0.3 is 24.2 Å². The molecule has 0 aliphatic carbocycles. The minimum Gasteiger partial charge on any atom is -0.507 e. The van der Waals surface area contributed by atoms with Gasteiger partial charge in [-0.05, 0) is 36.8 Å². The number of ketones is 1. The number of carbonyl (C=O) groups is 1. The van der Waals surface area contributed by atoms with Crippen LogP contribution in [0, 0.1) is 0 Å². The summed E-state index contributed by atoms with van der Waals surface area (Å²) < 4.78 is 16.6. The summed E-state index contributed by atoms with van der Waals surface area (Å²) in [6.07, 6.45) is 3.88. The highest BCUT2D eigenvalue weighted by Gasteiger charge is 2.32. The Morgan fingerprint density at radius 2 is 1.97 bits per heavy atom. The van der Waals surface area contributed by atoms with E-state index in [4.69, 9.17) is 14.2 Å². The van der Waals surface area contributed by atoms with Crippen LogP contribution in [-0.4, -0.2) is 38.7 Å². The summed E-state index contributed by atoms with van der Waals surface area (Å²) in [5.74, 6) is 1.85. The minimum atomic E-state index is -0.203. The lowest BCUT2D eigenvalue weighted by Gasteiger charge is -2.16. The third-order valence-corrected chi connectivity index (χ3v) is 5.08. The molecule has 0 saturated heterocycles. The molecule has 0 spiro atoms. The number of quaternary nitrogens is 1. The number of phenolic OH excluding ortho intramolecular Hbond substituents is 1. The van der Waals surface area contributed by atoms with Crippen LogP contribution < -0.4 is 19.1 Å². The van der Waals surface area contributed by atoms with Gasteiger partial charge in [0.05, 0.1) is 38.9 Å². The average Bonchev–Trinajstić information content (AvgIpc) is 3.04. The van der Waals surface area contributed by atoms with Gasteiger partial charge in [-0.25, -0.2) is 0 Å². The molecule has 1 atom stereocenters. The van der Waals surface area contributed by atoms with E-state index in [2.05, 4.69) is 14.0 Å². The number of ether oxygens (including phenoxy) is 3. The fourth-order valence-corrected chi connectivity index (χ4v) is 3.42. The Morgan fingerprint density at radius 3 is 2.66 bits per heavy atom. The third-order valence-electron chi connectivity index (χ3n) is 5.08. The van der Waals surface area contributed by atoms with Gasteiger partial charge in [0, 0.05) is 11.6 Å². The monoisotopic (exact) mass is 398 g/mol. The van der Waals surface area contributed by atoms with Gasteiger partial charge in [0.1, 0.15) is 23.8 Å². The van der Waals surface area contributed by atoms with Crippen LogP contribution in [0.5, 0.6) is 23.0 Å². The Balaban J connectivity index is 1.93. The molecule has 0 radical (unpaired) electrons. The highest BCUT2D eigenvalue weighted by Crippen LogP contribution is 2.39. The molecular formula is C23H28NO5+. The Kier molecular flexibility index (Phi) is 6.44. The van der Waals surface area contributed by atoms with E-state index in [1.807, 2.05) is 6.07 Å². The maximum atomic E-state index is 12.9. The van der Waals surface area contributed by atoms with E-state index < -0.39 is 0 Å². The van der Waals surface area contributed by atoms with Crippen LogP contribution in [0.2, 0.25) is 0 Å². The molecule has 154 valence electrons. The molecule has 2 N–H and O–H groups in total. The van der Waals surface area contributed by atoms with Gasteiger partial charge >= 0.3 is 0 Å². The zero-order chi connectivity index (χ0) is 21.0. The molecule has 1 heterocycles. The summed E-state index contributed by atoms with van der Waals surface area (Å²) in [5.41, 5.74) is 1.84. The number of hydrogen-bond acceptors (Lipinski definition) is 5. The summed E-state index contributed by atoms with van der Waals surface area (Å²) in [5, 5.41) is 10.4. The first kappa shape index (κ1) is 20.7. The second kappa shape index (κ2) is 9.01. The van der Waals surface area contributed by atoms with Crippen LogP contribution in [0.25, 0.3) is 6.08 Å². The standard InChI is InChI=1S/C23H27NO5/c1-5-6-11-24(2)14-18-19(25)10-9-17-22(26)21(29-23(17)18)12-15-7-8-16(27-3)13-20(15)28-4/h7-10,12-13,25H,5-6,11,14H2,1-4H3/p+1. The van der Waals surface area contributed by atoms with Gasteiger partial charge in [0.25, 0.3) is 0 Å². The van der Waals surface area contributed by atoms with Crippen LogP contribution in [0.15, 0.2) is 36.1 Å².